The van der Waals surface area contributed by atoms with Crippen molar-refractivity contribution in [1.29, 1.82) is 0 Å². The number of carbonyl (C=O) groups is 1. The van der Waals surface area contributed by atoms with Crippen LogP contribution < -0.4 is 4.74 Å². The fourth-order valence-corrected chi connectivity index (χ4v) is 3.26. The van der Waals surface area contributed by atoms with Gasteiger partial charge in [-0.2, -0.15) is 0 Å². The molecule has 0 aromatic heterocycles. The number of ether oxygens (including phenoxy) is 2. The van der Waals surface area contributed by atoms with Gasteiger partial charge in [0.05, 0.1) is 0 Å². The van der Waals surface area contributed by atoms with E-state index in [1.165, 1.54) is 0 Å². The summed E-state index contributed by atoms with van der Waals surface area (Å²) in [4.78, 5) is 11.8. The van der Waals surface area contributed by atoms with Crippen LogP contribution in [0.4, 0.5) is 0 Å². The van der Waals surface area contributed by atoms with Crippen LogP contribution in [0.25, 0.3) is 0 Å². The van der Waals surface area contributed by atoms with Crippen molar-refractivity contribution in [1.82, 2.24) is 0 Å². The summed E-state index contributed by atoms with van der Waals surface area (Å²) < 4.78 is 11.8. The second-order valence-electron chi connectivity index (χ2n) is 6.73. The topological polar surface area (TPSA) is 35.5 Å². The van der Waals surface area contributed by atoms with Crippen LogP contribution in [0.3, 0.4) is 0 Å². The Morgan fingerprint density at radius 3 is 2.64 bits per heavy atom. The van der Waals surface area contributed by atoms with Gasteiger partial charge in [0.25, 0.3) is 0 Å². The molecule has 0 bridgehead atoms. The Labute approximate surface area is 134 Å². The number of esters is 1. The van der Waals surface area contributed by atoms with Crippen molar-refractivity contribution in [3.05, 3.63) is 30.3 Å². The number of hydrogen-bond donors (Lipinski definition) is 0. The summed E-state index contributed by atoms with van der Waals surface area (Å²) >= 11 is 0. The van der Waals surface area contributed by atoms with Gasteiger partial charge in [-0.1, -0.05) is 38.5 Å². The summed E-state index contributed by atoms with van der Waals surface area (Å²) in [6.45, 7) is 6.44. The summed E-state index contributed by atoms with van der Waals surface area (Å²) in [6, 6.07) is 9.85. The zero-order chi connectivity index (χ0) is 15.9. The summed E-state index contributed by atoms with van der Waals surface area (Å²) in [7, 11) is 0. The minimum atomic E-state index is -0.213. The average molecular weight is 304 g/mol. The van der Waals surface area contributed by atoms with Gasteiger partial charge in [-0.25, -0.2) is 0 Å². The third kappa shape index (κ3) is 5.04. The Morgan fingerprint density at radius 1 is 1.23 bits per heavy atom. The standard InChI is InChI=1S/C19H28O3/c1-14(2)13-16-9-7-8-12-18(20)21-15(3)19(16)22-17-10-5-4-6-11-17/h4-6,10-11,14-16,19H,7-9,12-13H2,1-3H3/t15-,16+,19-/m0/s1. The van der Waals surface area contributed by atoms with Crippen LogP contribution in [0.2, 0.25) is 0 Å². The van der Waals surface area contributed by atoms with Crippen molar-refractivity contribution in [2.75, 3.05) is 0 Å². The lowest BCUT2D eigenvalue weighted by atomic mass is 9.85. The minimum Gasteiger partial charge on any atom is -0.486 e. The number of para-hydroxylation sites is 1. The monoisotopic (exact) mass is 304 g/mol. The third-order valence-corrected chi connectivity index (χ3v) is 4.24. The lowest BCUT2D eigenvalue weighted by Crippen LogP contribution is -2.39. The smallest absolute Gasteiger partial charge is 0.306 e. The molecule has 0 saturated carbocycles. The molecule has 0 spiro atoms. The van der Waals surface area contributed by atoms with Crippen LogP contribution in [0.5, 0.6) is 5.75 Å². The van der Waals surface area contributed by atoms with Crippen molar-refractivity contribution in [3.63, 3.8) is 0 Å². The van der Waals surface area contributed by atoms with Crippen molar-refractivity contribution in [2.24, 2.45) is 11.8 Å². The maximum Gasteiger partial charge on any atom is 0.306 e. The van der Waals surface area contributed by atoms with E-state index in [2.05, 4.69) is 13.8 Å². The molecule has 1 heterocycles. The second kappa shape index (κ2) is 8.21. The van der Waals surface area contributed by atoms with Gasteiger partial charge in [-0.3, -0.25) is 4.79 Å². The first kappa shape index (κ1) is 16.9. The highest BCUT2D eigenvalue weighted by molar-refractivity contribution is 5.69. The normalized spacial score (nSPS) is 26.7. The fourth-order valence-electron chi connectivity index (χ4n) is 3.26. The predicted molar refractivity (Wildman–Crippen MR) is 87.8 cm³/mol. The molecule has 0 N–H and O–H groups in total. The zero-order valence-corrected chi connectivity index (χ0v) is 14.0. The maximum absolute atomic E-state index is 11.8. The second-order valence-corrected chi connectivity index (χ2v) is 6.73. The zero-order valence-electron chi connectivity index (χ0n) is 14.0. The van der Waals surface area contributed by atoms with E-state index in [4.69, 9.17) is 9.47 Å². The molecule has 2 rings (SSSR count). The first-order valence-corrected chi connectivity index (χ1v) is 8.47. The fraction of sp³-hybridized carbons (Fsp3) is 0.632. The van der Waals surface area contributed by atoms with E-state index in [0.717, 1.165) is 31.4 Å². The van der Waals surface area contributed by atoms with Crippen LogP contribution in [0, 0.1) is 11.8 Å². The highest BCUT2D eigenvalue weighted by Crippen LogP contribution is 2.30. The highest BCUT2D eigenvalue weighted by Gasteiger charge is 2.32. The van der Waals surface area contributed by atoms with Gasteiger partial charge in [0.1, 0.15) is 18.0 Å². The third-order valence-electron chi connectivity index (χ3n) is 4.24. The molecule has 1 aliphatic heterocycles. The first-order chi connectivity index (χ1) is 10.6. The Hall–Kier alpha value is -1.51. The van der Waals surface area contributed by atoms with Gasteiger partial charge in [0.15, 0.2) is 0 Å². The molecule has 1 aliphatic rings. The van der Waals surface area contributed by atoms with E-state index in [-0.39, 0.29) is 18.2 Å². The van der Waals surface area contributed by atoms with E-state index < -0.39 is 0 Å². The molecular formula is C19H28O3. The van der Waals surface area contributed by atoms with E-state index in [9.17, 15) is 4.79 Å². The Balaban J connectivity index is 2.18. The Bertz CT molecular complexity index is 455. The van der Waals surface area contributed by atoms with Crippen LogP contribution in [-0.2, 0) is 9.53 Å². The van der Waals surface area contributed by atoms with Gasteiger partial charge < -0.3 is 9.47 Å². The minimum absolute atomic E-state index is 0.0770. The molecule has 1 fully saturated rings. The lowest BCUT2D eigenvalue weighted by molar-refractivity contribution is -0.154. The Morgan fingerprint density at radius 2 is 1.95 bits per heavy atom. The molecule has 1 aromatic carbocycles. The summed E-state index contributed by atoms with van der Waals surface area (Å²) in [6.07, 6.45) is 4.40. The lowest BCUT2D eigenvalue weighted by Gasteiger charge is -2.32. The molecule has 3 atom stereocenters. The average Bonchev–Trinajstić information content (AvgIpc) is 2.53. The number of carbonyl (C=O) groups excluding carboxylic acids is 1. The predicted octanol–water partition coefficient (Wildman–Crippen LogP) is 4.60. The maximum atomic E-state index is 11.8. The van der Waals surface area contributed by atoms with E-state index in [1.54, 1.807) is 0 Å². The van der Waals surface area contributed by atoms with Gasteiger partial charge >= 0.3 is 5.97 Å². The molecular weight excluding hydrogens is 276 g/mol. The number of cyclic esters (lactones) is 1. The van der Waals surface area contributed by atoms with Crippen molar-refractivity contribution in [2.45, 2.75) is 65.1 Å². The molecule has 0 amide bonds. The molecule has 0 radical (unpaired) electrons. The molecule has 22 heavy (non-hydrogen) atoms. The van der Waals surface area contributed by atoms with Gasteiger partial charge in [0, 0.05) is 6.42 Å². The van der Waals surface area contributed by atoms with Crippen molar-refractivity contribution in [3.8, 4) is 5.75 Å². The Kier molecular flexibility index (Phi) is 6.29. The molecule has 3 nitrogen and oxygen atoms in total. The van der Waals surface area contributed by atoms with Gasteiger partial charge in [-0.05, 0) is 50.2 Å². The molecule has 3 heteroatoms. The van der Waals surface area contributed by atoms with Crippen LogP contribution >= 0.6 is 0 Å². The summed E-state index contributed by atoms with van der Waals surface area (Å²) in [5, 5.41) is 0. The quantitative estimate of drug-likeness (QED) is 0.762. The summed E-state index contributed by atoms with van der Waals surface area (Å²) in [5.74, 6) is 1.78. The molecule has 1 aromatic rings. The summed E-state index contributed by atoms with van der Waals surface area (Å²) in [5.41, 5.74) is 0. The molecule has 122 valence electrons. The molecule has 0 aliphatic carbocycles. The number of rotatable bonds is 4. The van der Waals surface area contributed by atoms with E-state index in [1.807, 2.05) is 37.3 Å². The van der Waals surface area contributed by atoms with E-state index >= 15 is 0 Å². The largest absolute Gasteiger partial charge is 0.486 e. The van der Waals surface area contributed by atoms with Crippen LogP contribution in [0.1, 0.15) is 52.9 Å². The SMILES string of the molecule is CC(C)C[C@H]1CCCCC(=O)O[C@@H](C)[C@@H]1Oc1ccccc1. The van der Waals surface area contributed by atoms with Gasteiger partial charge in [0.2, 0.25) is 0 Å². The highest BCUT2D eigenvalue weighted by atomic mass is 16.6. The number of benzene rings is 1. The van der Waals surface area contributed by atoms with E-state index in [0.29, 0.717) is 18.3 Å². The molecule has 1 saturated heterocycles. The van der Waals surface area contributed by atoms with Crippen LogP contribution in [-0.4, -0.2) is 18.2 Å². The number of hydrogen-bond acceptors (Lipinski definition) is 3. The first-order valence-electron chi connectivity index (χ1n) is 8.47. The van der Waals surface area contributed by atoms with Crippen LogP contribution in [0.15, 0.2) is 30.3 Å². The molecule has 0 unspecified atom stereocenters. The van der Waals surface area contributed by atoms with Crippen molar-refractivity contribution >= 4 is 5.97 Å². The van der Waals surface area contributed by atoms with Crippen molar-refractivity contribution < 1.29 is 14.3 Å². The van der Waals surface area contributed by atoms with Gasteiger partial charge in [-0.15, -0.1) is 0 Å².